The number of hydrogen-bond acceptors (Lipinski definition) is 2. The molecule has 90 valence electrons. The molecule has 0 aliphatic rings. The first-order chi connectivity index (χ1) is 7.54. The van der Waals surface area contributed by atoms with E-state index in [1.165, 1.54) is 22.3 Å². The van der Waals surface area contributed by atoms with Gasteiger partial charge in [-0.15, -0.1) is 0 Å². The van der Waals surface area contributed by atoms with Gasteiger partial charge in [0.25, 0.3) is 0 Å². The van der Waals surface area contributed by atoms with Crippen LogP contribution in [0.1, 0.15) is 29.2 Å². The van der Waals surface area contributed by atoms with Crippen LogP contribution < -0.4 is 5.32 Å². The van der Waals surface area contributed by atoms with Crippen LogP contribution in [-0.4, -0.2) is 19.8 Å². The van der Waals surface area contributed by atoms with Crippen molar-refractivity contribution in [2.45, 2.75) is 40.3 Å². The van der Waals surface area contributed by atoms with Crippen LogP contribution in [0.15, 0.2) is 12.1 Å². The molecule has 1 N–H and O–H groups in total. The van der Waals surface area contributed by atoms with Crippen LogP contribution in [0.5, 0.6) is 0 Å². The van der Waals surface area contributed by atoms with Crippen molar-refractivity contribution < 1.29 is 4.74 Å². The monoisotopic (exact) mass is 221 g/mol. The molecule has 0 amide bonds. The predicted octanol–water partition coefficient (Wildman–Crippen LogP) is 2.74. The van der Waals surface area contributed by atoms with Crippen LogP contribution in [0.4, 0.5) is 0 Å². The third-order valence-electron chi connectivity index (χ3n) is 3.01. The molecule has 0 aliphatic carbocycles. The Morgan fingerprint density at radius 1 is 1.12 bits per heavy atom. The van der Waals surface area contributed by atoms with Gasteiger partial charge in [0.05, 0.1) is 6.61 Å². The van der Waals surface area contributed by atoms with Crippen molar-refractivity contribution in [3.63, 3.8) is 0 Å². The molecule has 0 fully saturated rings. The first kappa shape index (κ1) is 13.2. The van der Waals surface area contributed by atoms with Gasteiger partial charge in [0.1, 0.15) is 0 Å². The van der Waals surface area contributed by atoms with Crippen LogP contribution in [0.3, 0.4) is 0 Å². The zero-order valence-electron chi connectivity index (χ0n) is 11.1. The highest BCUT2D eigenvalue weighted by atomic mass is 16.5. The lowest BCUT2D eigenvalue weighted by atomic mass is 10.0. The van der Waals surface area contributed by atoms with Gasteiger partial charge in [-0.25, -0.2) is 0 Å². The minimum Gasteiger partial charge on any atom is -0.383 e. The summed E-state index contributed by atoms with van der Waals surface area (Å²) in [6.07, 6.45) is 0. The second-order valence-electron chi connectivity index (χ2n) is 4.60. The van der Waals surface area contributed by atoms with Gasteiger partial charge in [0, 0.05) is 19.7 Å². The lowest BCUT2D eigenvalue weighted by Crippen LogP contribution is -2.29. The predicted molar refractivity (Wildman–Crippen MR) is 68.8 cm³/mol. The minimum atomic E-state index is 0.394. The highest BCUT2D eigenvalue weighted by Crippen LogP contribution is 2.15. The molecular formula is C14H23NO. The number of methoxy groups -OCH3 is 1. The lowest BCUT2D eigenvalue weighted by molar-refractivity contribution is 0.171. The summed E-state index contributed by atoms with van der Waals surface area (Å²) in [7, 11) is 1.74. The fraction of sp³-hybridized carbons (Fsp3) is 0.571. The summed E-state index contributed by atoms with van der Waals surface area (Å²) in [6, 6.07) is 4.93. The molecule has 1 atom stereocenters. The van der Waals surface area contributed by atoms with E-state index in [4.69, 9.17) is 4.74 Å². The number of rotatable bonds is 5. The van der Waals surface area contributed by atoms with E-state index in [1.807, 2.05) is 0 Å². The van der Waals surface area contributed by atoms with Crippen molar-refractivity contribution >= 4 is 0 Å². The maximum atomic E-state index is 5.10. The zero-order valence-corrected chi connectivity index (χ0v) is 11.1. The molecule has 0 radical (unpaired) electrons. The molecule has 0 aromatic heterocycles. The zero-order chi connectivity index (χ0) is 12.1. The van der Waals surface area contributed by atoms with Gasteiger partial charge in [-0.05, 0) is 49.9 Å². The quantitative estimate of drug-likeness (QED) is 0.825. The van der Waals surface area contributed by atoms with E-state index in [0.717, 1.165) is 13.2 Å². The molecule has 0 spiro atoms. The summed E-state index contributed by atoms with van der Waals surface area (Å²) < 4.78 is 5.10. The Morgan fingerprint density at radius 2 is 1.75 bits per heavy atom. The van der Waals surface area contributed by atoms with E-state index in [-0.39, 0.29) is 0 Å². The van der Waals surface area contributed by atoms with E-state index < -0.39 is 0 Å². The van der Waals surface area contributed by atoms with Gasteiger partial charge in [-0.2, -0.15) is 0 Å². The highest BCUT2D eigenvalue weighted by molar-refractivity contribution is 5.36. The molecule has 0 saturated heterocycles. The Balaban J connectivity index is 2.63. The van der Waals surface area contributed by atoms with Crippen LogP contribution in [0.2, 0.25) is 0 Å². The average molecular weight is 221 g/mol. The second-order valence-corrected chi connectivity index (χ2v) is 4.60. The van der Waals surface area contributed by atoms with Crippen molar-refractivity contribution in [3.8, 4) is 0 Å². The SMILES string of the molecule is COCC(C)NCc1cc(C)c(C)cc1C. The Bertz CT molecular complexity index is 347. The Morgan fingerprint density at radius 3 is 2.38 bits per heavy atom. The largest absolute Gasteiger partial charge is 0.383 e. The summed E-state index contributed by atoms with van der Waals surface area (Å²) in [5.74, 6) is 0. The molecule has 1 rings (SSSR count). The van der Waals surface area contributed by atoms with E-state index in [1.54, 1.807) is 7.11 Å². The first-order valence-electron chi connectivity index (χ1n) is 5.83. The van der Waals surface area contributed by atoms with Crippen molar-refractivity contribution in [1.29, 1.82) is 0 Å². The van der Waals surface area contributed by atoms with Gasteiger partial charge in [-0.1, -0.05) is 12.1 Å². The Hall–Kier alpha value is -0.860. The molecule has 2 heteroatoms. The molecule has 16 heavy (non-hydrogen) atoms. The molecule has 0 bridgehead atoms. The lowest BCUT2D eigenvalue weighted by Gasteiger charge is -2.15. The normalized spacial score (nSPS) is 12.8. The molecule has 1 aromatic carbocycles. The molecule has 1 aromatic rings. The van der Waals surface area contributed by atoms with Crippen LogP contribution in [-0.2, 0) is 11.3 Å². The summed E-state index contributed by atoms with van der Waals surface area (Å²) in [6.45, 7) is 10.3. The standard InChI is InChI=1S/C14H23NO/c1-10-6-12(3)14(7-11(10)2)8-15-13(4)9-16-5/h6-7,13,15H,8-9H2,1-5H3. The van der Waals surface area contributed by atoms with E-state index >= 15 is 0 Å². The van der Waals surface area contributed by atoms with E-state index in [2.05, 4.69) is 45.1 Å². The molecule has 2 nitrogen and oxygen atoms in total. The molecule has 0 saturated carbocycles. The maximum Gasteiger partial charge on any atom is 0.0613 e. The molecule has 0 heterocycles. The van der Waals surface area contributed by atoms with Crippen LogP contribution >= 0.6 is 0 Å². The fourth-order valence-corrected chi connectivity index (χ4v) is 1.80. The second kappa shape index (κ2) is 6.02. The van der Waals surface area contributed by atoms with Gasteiger partial charge < -0.3 is 10.1 Å². The Kier molecular flexibility index (Phi) is 4.97. The summed E-state index contributed by atoms with van der Waals surface area (Å²) in [5, 5.41) is 3.46. The number of hydrogen-bond donors (Lipinski definition) is 1. The molecule has 0 aliphatic heterocycles. The van der Waals surface area contributed by atoms with Gasteiger partial charge in [0.15, 0.2) is 0 Å². The van der Waals surface area contributed by atoms with Gasteiger partial charge in [-0.3, -0.25) is 0 Å². The van der Waals surface area contributed by atoms with Gasteiger partial charge in [0.2, 0.25) is 0 Å². The third-order valence-corrected chi connectivity index (χ3v) is 3.01. The molecule has 1 unspecified atom stereocenters. The first-order valence-corrected chi connectivity index (χ1v) is 5.83. The average Bonchev–Trinajstić information content (AvgIpc) is 2.22. The fourth-order valence-electron chi connectivity index (χ4n) is 1.80. The number of ether oxygens (including phenoxy) is 1. The number of benzene rings is 1. The van der Waals surface area contributed by atoms with Crippen molar-refractivity contribution in [1.82, 2.24) is 5.32 Å². The Labute approximate surface area is 99.0 Å². The smallest absolute Gasteiger partial charge is 0.0613 e. The van der Waals surface area contributed by atoms with Crippen molar-refractivity contribution in [3.05, 3.63) is 34.4 Å². The summed E-state index contributed by atoms with van der Waals surface area (Å²) >= 11 is 0. The van der Waals surface area contributed by atoms with Gasteiger partial charge >= 0.3 is 0 Å². The number of nitrogens with one attached hydrogen (secondary N) is 1. The van der Waals surface area contributed by atoms with E-state index in [9.17, 15) is 0 Å². The number of aryl methyl sites for hydroxylation is 3. The summed E-state index contributed by atoms with van der Waals surface area (Å²) in [4.78, 5) is 0. The third kappa shape index (κ3) is 3.62. The van der Waals surface area contributed by atoms with Crippen molar-refractivity contribution in [2.75, 3.05) is 13.7 Å². The van der Waals surface area contributed by atoms with Crippen LogP contribution in [0.25, 0.3) is 0 Å². The van der Waals surface area contributed by atoms with Crippen molar-refractivity contribution in [2.24, 2.45) is 0 Å². The minimum absolute atomic E-state index is 0.394. The van der Waals surface area contributed by atoms with Crippen LogP contribution in [0, 0.1) is 20.8 Å². The van der Waals surface area contributed by atoms with E-state index in [0.29, 0.717) is 6.04 Å². The highest BCUT2D eigenvalue weighted by Gasteiger charge is 2.04. The topological polar surface area (TPSA) is 21.3 Å². The maximum absolute atomic E-state index is 5.10. The summed E-state index contributed by atoms with van der Waals surface area (Å²) in [5.41, 5.74) is 5.47. The molecular weight excluding hydrogens is 198 g/mol.